The average Bonchev–Trinajstić information content (AvgIpc) is 2.39. The van der Waals surface area contributed by atoms with E-state index in [2.05, 4.69) is 0 Å². The Labute approximate surface area is 122 Å². The highest BCUT2D eigenvalue weighted by Crippen LogP contribution is 2.04. The maximum absolute atomic E-state index is 11.1. The minimum Gasteiger partial charge on any atom is -1.00 e. The molecule has 1 aromatic carbocycles. The third kappa shape index (κ3) is 3.80. The predicted octanol–water partition coefficient (Wildman–Crippen LogP) is -2.78. The van der Waals surface area contributed by atoms with Gasteiger partial charge in [-0.3, -0.25) is 9.59 Å². The first-order valence-electron chi connectivity index (χ1n) is 5.74. The lowest BCUT2D eigenvalue weighted by molar-refractivity contribution is -0.688. The Kier molecular flexibility index (Phi) is 5.23. The second-order valence-electron chi connectivity index (χ2n) is 4.19. The molecule has 0 spiro atoms. The molecule has 5 nitrogen and oxygen atoms in total. The number of pyridine rings is 1. The van der Waals surface area contributed by atoms with E-state index in [1.165, 1.54) is 0 Å². The van der Waals surface area contributed by atoms with E-state index >= 15 is 0 Å². The van der Waals surface area contributed by atoms with Crippen LogP contribution in [0.25, 0.3) is 0 Å². The Bertz CT molecular complexity index is 588. The van der Waals surface area contributed by atoms with Crippen LogP contribution < -0.4 is 28.4 Å². The smallest absolute Gasteiger partial charge is 0.254 e. The zero-order valence-corrected chi connectivity index (χ0v) is 11.4. The van der Waals surface area contributed by atoms with Crippen molar-refractivity contribution in [2.45, 2.75) is 6.54 Å². The molecule has 0 saturated heterocycles. The number of primary amides is 2. The summed E-state index contributed by atoms with van der Waals surface area (Å²) in [6.07, 6.45) is 3.49. The zero-order valence-electron chi connectivity index (χ0n) is 10.6. The summed E-state index contributed by atoms with van der Waals surface area (Å²) in [6, 6.07) is 10.4. The van der Waals surface area contributed by atoms with E-state index in [1.807, 2.05) is 16.8 Å². The number of hydrogen-bond donors (Lipinski definition) is 2. The molecule has 1 heterocycles. The van der Waals surface area contributed by atoms with E-state index in [0.717, 1.165) is 5.56 Å². The maximum atomic E-state index is 11.1. The van der Waals surface area contributed by atoms with Crippen LogP contribution in [-0.4, -0.2) is 11.8 Å². The minimum absolute atomic E-state index is 0. The van der Waals surface area contributed by atoms with Gasteiger partial charge in [0, 0.05) is 17.2 Å². The Morgan fingerprint density at radius 1 is 1.00 bits per heavy atom. The van der Waals surface area contributed by atoms with Gasteiger partial charge < -0.3 is 23.9 Å². The lowest BCUT2D eigenvalue weighted by Gasteiger charge is -2.01. The number of amides is 2. The van der Waals surface area contributed by atoms with Crippen molar-refractivity contribution < 1.29 is 26.6 Å². The first kappa shape index (κ1) is 15.7. The number of rotatable bonds is 4. The molecule has 0 bridgehead atoms. The number of nitrogens with zero attached hydrogens (tertiary/aromatic N) is 1. The molecule has 0 aliphatic heterocycles. The van der Waals surface area contributed by atoms with Crippen molar-refractivity contribution in [1.82, 2.24) is 0 Å². The molecule has 1 aromatic heterocycles. The van der Waals surface area contributed by atoms with Gasteiger partial charge in [-0.25, -0.2) is 0 Å². The van der Waals surface area contributed by atoms with Gasteiger partial charge in [-0.2, -0.15) is 4.57 Å². The first-order valence-corrected chi connectivity index (χ1v) is 5.74. The van der Waals surface area contributed by atoms with Gasteiger partial charge in [-0.15, -0.1) is 0 Å². The second-order valence-corrected chi connectivity index (χ2v) is 4.19. The number of nitrogens with two attached hydrogens (primary N) is 2. The number of aromatic nitrogens is 1. The SMILES string of the molecule is NC(=O)c1cccc(C[n+]2cccc(C(N)=O)c2)c1.[Cl-]. The van der Waals surface area contributed by atoms with Crippen LogP contribution >= 0.6 is 0 Å². The van der Waals surface area contributed by atoms with E-state index in [9.17, 15) is 9.59 Å². The van der Waals surface area contributed by atoms with Gasteiger partial charge in [0.05, 0.1) is 0 Å². The van der Waals surface area contributed by atoms with Crippen molar-refractivity contribution in [3.63, 3.8) is 0 Å². The number of carbonyl (C=O) groups excluding carboxylic acids is 2. The summed E-state index contributed by atoms with van der Waals surface area (Å²) in [7, 11) is 0. The van der Waals surface area contributed by atoms with E-state index in [0.29, 0.717) is 17.7 Å². The average molecular weight is 292 g/mol. The molecular weight excluding hydrogens is 278 g/mol. The van der Waals surface area contributed by atoms with Crippen LogP contribution in [-0.2, 0) is 6.54 Å². The van der Waals surface area contributed by atoms with E-state index in [4.69, 9.17) is 11.5 Å². The minimum atomic E-state index is -0.472. The molecule has 2 rings (SSSR count). The monoisotopic (exact) mass is 291 g/mol. The normalized spacial score (nSPS) is 9.60. The Morgan fingerprint density at radius 3 is 2.30 bits per heavy atom. The van der Waals surface area contributed by atoms with Crippen LogP contribution in [0.15, 0.2) is 48.8 Å². The van der Waals surface area contributed by atoms with Crippen molar-refractivity contribution in [1.29, 1.82) is 0 Å². The van der Waals surface area contributed by atoms with Crippen LogP contribution in [0.3, 0.4) is 0 Å². The Hall–Kier alpha value is -2.40. The summed E-state index contributed by atoms with van der Waals surface area (Å²) >= 11 is 0. The fourth-order valence-electron chi connectivity index (χ4n) is 1.80. The fourth-order valence-corrected chi connectivity index (χ4v) is 1.80. The van der Waals surface area contributed by atoms with Gasteiger partial charge in [0.2, 0.25) is 5.91 Å². The molecule has 0 aliphatic carbocycles. The third-order valence-electron chi connectivity index (χ3n) is 2.72. The van der Waals surface area contributed by atoms with Crippen LogP contribution in [0.5, 0.6) is 0 Å². The molecule has 0 fully saturated rings. The van der Waals surface area contributed by atoms with Gasteiger partial charge in [0.25, 0.3) is 5.91 Å². The summed E-state index contributed by atoms with van der Waals surface area (Å²) in [6.45, 7) is 0.530. The van der Waals surface area contributed by atoms with Crippen LogP contribution in [0, 0.1) is 0 Å². The van der Waals surface area contributed by atoms with Gasteiger partial charge in [0.1, 0.15) is 5.56 Å². The summed E-state index contributed by atoms with van der Waals surface area (Å²) in [5.74, 6) is -0.932. The van der Waals surface area contributed by atoms with Gasteiger partial charge in [-0.1, -0.05) is 12.1 Å². The molecule has 104 valence electrons. The number of benzene rings is 1. The van der Waals surface area contributed by atoms with Crippen molar-refractivity contribution in [3.8, 4) is 0 Å². The summed E-state index contributed by atoms with van der Waals surface area (Å²) < 4.78 is 1.82. The first-order chi connectivity index (χ1) is 9.06. The van der Waals surface area contributed by atoms with E-state index in [-0.39, 0.29) is 12.4 Å². The maximum Gasteiger partial charge on any atom is 0.254 e. The van der Waals surface area contributed by atoms with E-state index in [1.54, 1.807) is 36.5 Å². The molecule has 2 amide bonds. The van der Waals surface area contributed by atoms with Gasteiger partial charge in [0.15, 0.2) is 18.9 Å². The van der Waals surface area contributed by atoms with E-state index < -0.39 is 11.8 Å². The molecule has 6 heteroatoms. The van der Waals surface area contributed by atoms with Crippen LogP contribution in [0.2, 0.25) is 0 Å². The third-order valence-corrected chi connectivity index (χ3v) is 2.72. The largest absolute Gasteiger partial charge is 1.00 e. The lowest BCUT2D eigenvalue weighted by atomic mass is 10.1. The highest BCUT2D eigenvalue weighted by molar-refractivity contribution is 5.93. The Balaban J connectivity index is 0.00000200. The lowest BCUT2D eigenvalue weighted by Crippen LogP contribution is -3.00. The summed E-state index contributed by atoms with van der Waals surface area (Å²) in [4.78, 5) is 22.2. The van der Waals surface area contributed by atoms with Crippen molar-refractivity contribution in [2.24, 2.45) is 11.5 Å². The molecule has 0 atom stereocenters. The quantitative estimate of drug-likeness (QED) is 0.597. The molecular formula is C14H14ClN3O2. The summed E-state index contributed by atoms with van der Waals surface area (Å²) in [5, 5.41) is 0. The number of carbonyl (C=O) groups is 2. The molecule has 2 aromatic rings. The molecule has 0 unspecified atom stereocenters. The molecule has 0 radical (unpaired) electrons. The van der Waals surface area contributed by atoms with Crippen LogP contribution in [0.1, 0.15) is 26.3 Å². The fraction of sp³-hybridized carbons (Fsp3) is 0.0714. The van der Waals surface area contributed by atoms with Crippen LogP contribution in [0.4, 0.5) is 0 Å². The Morgan fingerprint density at radius 2 is 1.65 bits per heavy atom. The van der Waals surface area contributed by atoms with Crippen molar-refractivity contribution >= 4 is 11.8 Å². The van der Waals surface area contributed by atoms with Gasteiger partial charge in [-0.05, 0) is 18.2 Å². The molecule has 0 saturated carbocycles. The summed E-state index contributed by atoms with van der Waals surface area (Å²) in [5.41, 5.74) is 12.3. The highest BCUT2D eigenvalue weighted by atomic mass is 35.5. The molecule has 20 heavy (non-hydrogen) atoms. The standard InChI is InChI=1S/C14H13N3O2.ClH/c15-13(18)11-4-1-3-10(7-11)8-17-6-2-5-12(9-17)14(16)19;/h1-7,9H,8H2,(H3-,15,16,18,19);1H. The number of hydrogen-bond acceptors (Lipinski definition) is 2. The van der Waals surface area contributed by atoms with Crippen molar-refractivity contribution in [2.75, 3.05) is 0 Å². The molecule has 4 N–H and O–H groups in total. The van der Waals surface area contributed by atoms with Crippen molar-refractivity contribution in [3.05, 3.63) is 65.5 Å². The zero-order chi connectivity index (χ0) is 13.8. The van der Waals surface area contributed by atoms with Gasteiger partial charge >= 0.3 is 0 Å². The highest BCUT2D eigenvalue weighted by Gasteiger charge is 2.09. The molecule has 0 aliphatic rings. The topological polar surface area (TPSA) is 90.1 Å². The number of halogens is 1. The second kappa shape index (κ2) is 6.68. The predicted molar refractivity (Wildman–Crippen MR) is 69.2 cm³/mol.